The van der Waals surface area contributed by atoms with Gasteiger partial charge in [-0.2, -0.15) is 0 Å². The van der Waals surface area contributed by atoms with Crippen molar-refractivity contribution >= 4 is 0 Å². The first-order valence-corrected chi connectivity index (χ1v) is 5.50. The molecule has 5 heteroatoms. The van der Waals surface area contributed by atoms with E-state index in [1.165, 1.54) is 0 Å². The Morgan fingerprint density at radius 2 is 2.06 bits per heavy atom. The van der Waals surface area contributed by atoms with Crippen molar-refractivity contribution in [3.63, 3.8) is 0 Å². The van der Waals surface area contributed by atoms with Crippen molar-refractivity contribution in [3.8, 4) is 11.5 Å². The van der Waals surface area contributed by atoms with Gasteiger partial charge in [0, 0.05) is 18.4 Å². The van der Waals surface area contributed by atoms with E-state index in [0.29, 0.717) is 12.2 Å². The lowest BCUT2D eigenvalue weighted by Crippen LogP contribution is -2.55. The van der Waals surface area contributed by atoms with Crippen LogP contribution >= 0.6 is 0 Å². The third-order valence-corrected chi connectivity index (χ3v) is 2.98. The first kappa shape index (κ1) is 12.1. The number of hydrogen-bond acceptors (Lipinski definition) is 3. The minimum Gasteiger partial charge on any atom is -0.504 e. The Morgan fingerprint density at radius 3 is 2.59 bits per heavy atom. The summed E-state index contributed by atoms with van der Waals surface area (Å²) in [6.45, 7) is 2.17. The number of para-hydroxylation sites is 1. The van der Waals surface area contributed by atoms with E-state index < -0.39 is 24.3 Å². The zero-order valence-corrected chi connectivity index (χ0v) is 9.54. The van der Waals surface area contributed by atoms with Crippen LogP contribution in [0.25, 0.3) is 0 Å². The van der Waals surface area contributed by atoms with Crippen molar-refractivity contribution in [1.29, 1.82) is 0 Å². The highest BCUT2D eigenvalue weighted by atomic mass is 19.3. The molecule has 1 saturated carbocycles. The molecule has 0 heterocycles. The molecule has 1 aliphatic rings. The maximum atomic E-state index is 12.9. The summed E-state index contributed by atoms with van der Waals surface area (Å²) < 4.78 is 31.0. The zero-order valence-electron chi connectivity index (χ0n) is 9.54. The molecule has 0 spiro atoms. The maximum absolute atomic E-state index is 12.9. The van der Waals surface area contributed by atoms with Gasteiger partial charge in [0.25, 0.3) is 5.92 Å². The van der Waals surface area contributed by atoms with Gasteiger partial charge in [-0.25, -0.2) is 8.78 Å². The van der Waals surface area contributed by atoms with Crippen LogP contribution < -0.4 is 10.5 Å². The Bertz CT molecular complexity index is 427. The third kappa shape index (κ3) is 2.07. The number of aromatic hydroxyl groups is 1. The van der Waals surface area contributed by atoms with E-state index >= 15 is 0 Å². The molecule has 0 atom stereocenters. The molecule has 3 N–H and O–H groups in total. The lowest BCUT2D eigenvalue weighted by Gasteiger charge is -2.45. The maximum Gasteiger partial charge on any atom is 0.252 e. The van der Waals surface area contributed by atoms with Crippen molar-refractivity contribution in [3.05, 3.63) is 23.8 Å². The Labute approximate surface area is 98.2 Å². The van der Waals surface area contributed by atoms with Crippen LogP contribution in [0.15, 0.2) is 18.2 Å². The number of alkyl halides is 2. The molecule has 1 fully saturated rings. The van der Waals surface area contributed by atoms with E-state index in [2.05, 4.69) is 0 Å². The number of benzene rings is 1. The summed E-state index contributed by atoms with van der Waals surface area (Å²) in [7, 11) is 0. The molecule has 1 aliphatic carbocycles. The smallest absolute Gasteiger partial charge is 0.252 e. The van der Waals surface area contributed by atoms with Crippen molar-refractivity contribution in [1.82, 2.24) is 0 Å². The molecule has 0 unspecified atom stereocenters. The molecule has 0 bridgehead atoms. The second-order valence-corrected chi connectivity index (χ2v) is 4.45. The summed E-state index contributed by atoms with van der Waals surface area (Å²) in [6, 6.07) is 4.79. The molecule has 0 radical (unpaired) electrons. The largest absolute Gasteiger partial charge is 0.504 e. The van der Waals surface area contributed by atoms with Crippen LogP contribution in [0.2, 0.25) is 0 Å². The summed E-state index contributed by atoms with van der Waals surface area (Å²) in [6.07, 6.45) is -0.883. The van der Waals surface area contributed by atoms with Gasteiger partial charge >= 0.3 is 0 Å². The highest BCUT2D eigenvalue weighted by Crippen LogP contribution is 2.52. The summed E-state index contributed by atoms with van der Waals surface area (Å²) in [5.41, 5.74) is 5.05. The fraction of sp³-hybridized carbons (Fsp3) is 0.500. The molecule has 0 saturated heterocycles. The number of ether oxygens (including phenoxy) is 1. The van der Waals surface area contributed by atoms with E-state index in [1.807, 2.05) is 0 Å². The van der Waals surface area contributed by atoms with E-state index in [-0.39, 0.29) is 11.5 Å². The molecule has 0 aromatic heterocycles. The van der Waals surface area contributed by atoms with Crippen LogP contribution in [-0.4, -0.2) is 17.6 Å². The highest BCUT2D eigenvalue weighted by Gasteiger charge is 2.56. The summed E-state index contributed by atoms with van der Waals surface area (Å²) in [4.78, 5) is 0. The minimum absolute atomic E-state index is 0.132. The third-order valence-electron chi connectivity index (χ3n) is 2.98. The van der Waals surface area contributed by atoms with Gasteiger partial charge in [-0.1, -0.05) is 12.1 Å². The molecule has 0 amide bonds. The van der Waals surface area contributed by atoms with Crippen LogP contribution in [0.3, 0.4) is 0 Å². The molecule has 2 rings (SSSR count). The average Bonchev–Trinajstić information content (AvgIpc) is 2.18. The second kappa shape index (κ2) is 3.84. The second-order valence-electron chi connectivity index (χ2n) is 4.45. The van der Waals surface area contributed by atoms with Crippen LogP contribution in [0, 0.1) is 0 Å². The van der Waals surface area contributed by atoms with Gasteiger partial charge in [0.15, 0.2) is 11.5 Å². The number of phenolic OH excluding ortho intramolecular Hbond substituents is 1. The topological polar surface area (TPSA) is 55.5 Å². The number of hydrogen-bond donors (Lipinski definition) is 2. The Balaban J connectivity index is 2.31. The van der Waals surface area contributed by atoms with Crippen LogP contribution in [0.1, 0.15) is 25.3 Å². The Kier molecular flexibility index (Phi) is 2.73. The molecular weight excluding hydrogens is 228 g/mol. The molecule has 3 nitrogen and oxygen atoms in total. The van der Waals surface area contributed by atoms with Gasteiger partial charge in [0.05, 0.1) is 12.1 Å². The van der Waals surface area contributed by atoms with Gasteiger partial charge < -0.3 is 15.6 Å². The van der Waals surface area contributed by atoms with Crippen molar-refractivity contribution < 1.29 is 18.6 Å². The molecule has 94 valence electrons. The normalized spacial score (nSPS) is 20.7. The van der Waals surface area contributed by atoms with Gasteiger partial charge in [0.2, 0.25) is 0 Å². The van der Waals surface area contributed by atoms with E-state index in [1.54, 1.807) is 25.1 Å². The minimum atomic E-state index is -2.73. The lowest BCUT2D eigenvalue weighted by molar-refractivity contribution is -0.125. The summed E-state index contributed by atoms with van der Waals surface area (Å²) in [5.74, 6) is -2.58. The fourth-order valence-corrected chi connectivity index (χ4v) is 2.26. The Morgan fingerprint density at radius 1 is 1.41 bits per heavy atom. The van der Waals surface area contributed by atoms with Crippen LogP contribution in [0.5, 0.6) is 11.5 Å². The van der Waals surface area contributed by atoms with Crippen LogP contribution in [0.4, 0.5) is 8.78 Å². The average molecular weight is 243 g/mol. The fourth-order valence-electron chi connectivity index (χ4n) is 2.26. The van der Waals surface area contributed by atoms with E-state index in [0.717, 1.165) is 0 Å². The first-order valence-electron chi connectivity index (χ1n) is 5.50. The highest BCUT2D eigenvalue weighted by molar-refractivity contribution is 5.50. The lowest BCUT2D eigenvalue weighted by atomic mass is 9.69. The number of halogens is 2. The molecular formula is C12H15F2NO2. The predicted octanol–water partition coefficient (Wildman–Crippen LogP) is 2.37. The van der Waals surface area contributed by atoms with Crippen LogP contribution in [-0.2, 0) is 5.54 Å². The first-order chi connectivity index (χ1) is 7.88. The number of phenols is 1. The van der Waals surface area contributed by atoms with Gasteiger partial charge in [0.1, 0.15) is 0 Å². The number of nitrogens with two attached hydrogens (primary N) is 1. The summed E-state index contributed by atoms with van der Waals surface area (Å²) in [5, 5.41) is 9.94. The van der Waals surface area contributed by atoms with Gasteiger partial charge in [-0.05, 0) is 13.0 Å². The number of rotatable bonds is 3. The van der Waals surface area contributed by atoms with E-state index in [4.69, 9.17) is 10.5 Å². The summed E-state index contributed by atoms with van der Waals surface area (Å²) >= 11 is 0. The molecule has 17 heavy (non-hydrogen) atoms. The molecule has 1 aromatic carbocycles. The van der Waals surface area contributed by atoms with Crippen molar-refractivity contribution in [2.24, 2.45) is 5.73 Å². The van der Waals surface area contributed by atoms with Crippen molar-refractivity contribution in [2.75, 3.05) is 6.61 Å². The van der Waals surface area contributed by atoms with Gasteiger partial charge in [-0.15, -0.1) is 0 Å². The monoisotopic (exact) mass is 243 g/mol. The van der Waals surface area contributed by atoms with E-state index in [9.17, 15) is 13.9 Å². The zero-order chi connectivity index (χ0) is 12.7. The van der Waals surface area contributed by atoms with Gasteiger partial charge in [-0.3, -0.25) is 0 Å². The quantitative estimate of drug-likeness (QED) is 0.857. The molecule has 1 aromatic rings. The predicted molar refractivity (Wildman–Crippen MR) is 59.3 cm³/mol. The SMILES string of the molecule is CCOc1cccc(C2(N)CC(F)(F)C2)c1O. The standard InChI is InChI=1S/C12H15F2NO2/c1-2-17-9-5-3-4-8(10(9)16)11(15)6-12(13,14)7-11/h3-5,16H,2,6-7,15H2,1H3. The van der Waals surface area contributed by atoms with Crippen molar-refractivity contribution in [2.45, 2.75) is 31.2 Å². The molecule has 0 aliphatic heterocycles. The Hall–Kier alpha value is -1.36.